The first-order valence-electron chi connectivity index (χ1n) is 8.59. The molecule has 0 N–H and O–H groups in total. The first kappa shape index (κ1) is 20.3. The molecule has 0 saturated heterocycles. The van der Waals surface area contributed by atoms with Crippen molar-refractivity contribution in [3.63, 3.8) is 0 Å². The second kappa shape index (κ2) is 7.52. The number of alkyl halides is 4. The van der Waals surface area contributed by atoms with Gasteiger partial charge < -0.3 is 4.74 Å². The topological polar surface area (TPSA) is 33.0 Å². The summed E-state index contributed by atoms with van der Waals surface area (Å²) in [6.07, 6.45) is 0. The summed E-state index contributed by atoms with van der Waals surface area (Å²) in [6.45, 7) is 3.87. The fourth-order valence-corrected chi connectivity index (χ4v) is 5.17. The van der Waals surface area contributed by atoms with Gasteiger partial charge in [-0.25, -0.2) is 0 Å². The average Bonchev–Trinajstić information content (AvgIpc) is 3.17. The Kier molecular flexibility index (Phi) is 5.65. The Bertz CT molecular complexity index is 845. The number of nitrogens with zero attached hydrogens (tertiary/aromatic N) is 1. The van der Waals surface area contributed by atoms with E-state index >= 15 is 0 Å². The molecule has 0 bridgehead atoms. The van der Waals surface area contributed by atoms with E-state index in [4.69, 9.17) is 4.74 Å². The van der Waals surface area contributed by atoms with Gasteiger partial charge in [0.25, 0.3) is 0 Å². The van der Waals surface area contributed by atoms with Crippen molar-refractivity contribution in [2.45, 2.75) is 29.4 Å². The molecule has 2 nitrogen and oxygen atoms in total. The van der Waals surface area contributed by atoms with Gasteiger partial charge in [0.2, 0.25) is 0 Å². The Morgan fingerprint density at radius 2 is 1.70 bits per heavy atom. The summed E-state index contributed by atoms with van der Waals surface area (Å²) in [5.41, 5.74) is 0.409. The summed E-state index contributed by atoms with van der Waals surface area (Å²) in [4.78, 5) is -4.06. The molecule has 27 heavy (non-hydrogen) atoms. The maximum Gasteiger partial charge on any atom is 0.313 e. The summed E-state index contributed by atoms with van der Waals surface area (Å²) in [6, 6.07) is 19.0. The molecular weight excluding hydrogens is 480 g/mol. The third-order valence-electron chi connectivity index (χ3n) is 5.32. The molecule has 2 aromatic rings. The van der Waals surface area contributed by atoms with Crippen LogP contribution in [0.5, 0.6) is 11.5 Å². The molecular formula is C21H19Br2F2NO. The molecule has 142 valence electrons. The van der Waals surface area contributed by atoms with Gasteiger partial charge in [0.1, 0.15) is 11.5 Å². The minimum absolute atomic E-state index is 0.178. The lowest BCUT2D eigenvalue weighted by atomic mass is 9.91. The van der Waals surface area contributed by atoms with Gasteiger partial charge >= 0.3 is 4.83 Å². The molecule has 3 rings (SSSR count). The highest BCUT2D eigenvalue weighted by molar-refractivity contribution is 9.12. The molecule has 0 spiro atoms. The van der Waals surface area contributed by atoms with Crippen molar-refractivity contribution < 1.29 is 13.5 Å². The van der Waals surface area contributed by atoms with E-state index in [1.54, 1.807) is 0 Å². The Morgan fingerprint density at radius 3 is 2.30 bits per heavy atom. The van der Waals surface area contributed by atoms with Crippen molar-refractivity contribution in [2.24, 2.45) is 17.3 Å². The van der Waals surface area contributed by atoms with Crippen molar-refractivity contribution in [1.29, 1.82) is 5.26 Å². The lowest BCUT2D eigenvalue weighted by molar-refractivity contribution is 0.102. The molecule has 0 amide bonds. The van der Waals surface area contributed by atoms with Crippen LogP contribution in [0, 0.1) is 28.6 Å². The van der Waals surface area contributed by atoms with Crippen LogP contribution in [0.3, 0.4) is 0 Å². The van der Waals surface area contributed by atoms with Gasteiger partial charge in [-0.3, -0.25) is 0 Å². The Morgan fingerprint density at radius 1 is 1.07 bits per heavy atom. The van der Waals surface area contributed by atoms with Gasteiger partial charge in [0.05, 0.1) is 16.8 Å². The maximum atomic E-state index is 13.8. The number of hydrogen-bond acceptors (Lipinski definition) is 2. The fraction of sp³-hybridized carbons (Fsp3) is 0.381. The lowest BCUT2D eigenvalue weighted by Crippen LogP contribution is -2.25. The highest BCUT2D eigenvalue weighted by Gasteiger charge is 2.67. The van der Waals surface area contributed by atoms with Crippen LogP contribution in [-0.2, 0) is 0 Å². The van der Waals surface area contributed by atoms with Gasteiger partial charge in [0, 0.05) is 0 Å². The third-order valence-corrected chi connectivity index (χ3v) is 7.57. The summed E-state index contributed by atoms with van der Waals surface area (Å²) in [5, 5.41) is 9.80. The summed E-state index contributed by atoms with van der Waals surface area (Å²) >= 11 is 5.60. The van der Waals surface area contributed by atoms with E-state index in [2.05, 4.69) is 37.9 Å². The fourth-order valence-electron chi connectivity index (χ4n) is 3.88. The second-order valence-electron chi connectivity index (χ2n) is 7.41. The number of halogens is 4. The van der Waals surface area contributed by atoms with E-state index in [0.29, 0.717) is 11.5 Å². The van der Waals surface area contributed by atoms with Gasteiger partial charge in [-0.15, -0.1) is 0 Å². The zero-order chi connectivity index (χ0) is 19.8. The van der Waals surface area contributed by atoms with Crippen molar-refractivity contribution in [1.82, 2.24) is 0 Å². The van der Waals surface area contributed by atoms with E-state index in [1.807, 2.05) is 68.4 Å². The molecule has 2 aromatic carbocycles. The number of hydrogen-bond donors (Lipinski definition) is 0. The van der Waals surface area contributed by atoms with Crippen LogP contribution >= 0.6 is 31.9 Å². The Labute approximate surface area is 174 Å². The van der Waals surface area contributed by atoms with E-state index in [9.17, 15) is 14.0 Å². The Hall–Kier alpha value is -1.45. The smallest absolute Gasteiger partial charge is 0.313 e. The number of ether oxygens (including phenoxy) is 1. The number of benzene rings is 2. The summed E-state index contributed by atoms with van der Waals surface area (Å²) in [5.74, 6) is 0.333. The van der Waals surface area contributed by atoms with Gasteiger partial charge in [-0.2, -0.15) is 14.0 Å². The molecule has 4 atom stereocenters. The number of nitriles is 1. The average molecular weight is 499 g/mol. The van der Waals surface area contributed by atoms with Gasteiger partial charge in [-0.05, 0) is 63.0 Å². The highest BCUT2D eigenvalue weighted by Crippen LogP contribution is 2.68. The largest absolute Gasteiger partial charge is 0.457 e. The van der Waals surface area contributed by atoms with Crippen molar-refractivity contribution >= 4 is 31.9 Å². The molecule has 0 unspecified atom stereocenters. The third kappa shape index (κ3) is 4.20. The van der Waals surface area contributed by atoms with Crippen molar-refractivity contribution in [3.8, 4) is 17.6 Å². The normalized spacial score (nSPS) is 23.1. The molecule has 1 fully saturated rings. The van der Waals surface area contributed by atoms with E-state index in [1.165, 1.54) is 0 Å². The second-order valence-corrected chi connectivity index (χ2v) is 9.45. The predicted molar refractivity (Wildman–Crippen MR) is 109 cm³/mol. The molecule has 6 heteroatoms. The zero-order valence-corrected chi connectivity index (χ0v) is 18.0. The van der Waals surface area contributed by atoms with Crippen LogP contribution in [0.2, 0.25) is 0 Å². The van der Waals surface area contributed by atoms with Crippen LogP contribution < -0.4 is 4.74 Å². The molecule has 1 aliphatic rings. The number of para-hydroxylation sites is 1. The van der Waals surface area contributed by atoms with E-state index in [-0.39, 0.29) is 17.3 Å². The molecule has 0 heterocycles. The monoisotopic (exact) mass is 497 g/mol. The van der Waals surface area contributed by atoms with Crippen LogP contribution in [0.4, 0.5) is 8.78 Å². The predicted octanol–water partition coefficient (Wildman–Crippen LogP) is 7.11. The quantitative estimate of drug-likeness (QED) is 0.397. The molecule has 0 aliphatic heterocycles. The standard InChI is InChI=1S/C21H19Br2F2NO/c1-20(2)17(18(20)19(22)21(23,24)25)16(12-26)13-7-6-10-15(11-13)27-14-8-4-3-5-9-14/h3-11,16-19H,1-2H3/t16-,17+,18+,19-/m0/s1. The minimum atomic E-state index is -3.03. The van der Waals surface area contributed by atoms with Crippen LogP contribution in [0.25, 0.3) is 0 Å². The lowest BCUT2D eigenvalue weighted by Gasteiger charge is -2.17. The van der Waals surface area contributed by atoms with Crippen molar-refractivity contribution in [3.05, 3.63) is 60.2 Å². The van der Waals surface area contributed by atoms with Crippen molar-refractivity contribution in [2.75, 3.05) is 0 Å². The van der Waals surface area contributed by atoms with E-state index in [0.717, 1.165) is 5.56 Å². The van der Waals surface area contributed by atoms with Crippen LogP contribution in [0.1, 0.15) is 25.3 Å². The minimum Gasteiger partial charge on any atom is -0.457 e. The maximum absolute atomic E-state index is 13.8. The van der Waals surface area contributed by atoms with Gasteiger partial charge in [0.15, 0.2) is 0 Å². The molecule has 1 aliphatic carbocycles. The molecule has 0 aromatic heterocycles. The van der Waals surface area contributed by atoms with E-state index < -0.39 is 15.6 Å². The first-order chi connectivity index (χ1) is 12.7. The van der Waals surface area contributed by atoms with Gasteiger partial charge in [-0.1, -0.05) is 60.1 Å². The molecule has 0 radical (unpaired) electrons. The van der Waals surface area contributed by atoms with Crippen LogP contribution in [0.15, 0.2) is 54.6 Å². The Balaban J connectivity index is 1.85. The molecule has 1 saturated carbocycles. The highest BCUT2D eigenvalue weighted by atomic mass is 79.9. The summed E-state index contributed by atoms with van der Waals surface area (Å²) < 4.78 is 33.4. The zero-order valence-electron chi connectivity index (χ0n) is 14.9. The first-order valence-corrected chi connectivity index (χ1v) is 10.3. The van der Waals surface area contributed by atoms with Crippen LogP contribution in [-0.4, -0.2) is 9.66 Å². The number of rotatable bonds is 6. The summed E-state index contributed by atoms with van der Waals surface area (Å²) in [7, 11) is 0. The SMILES string of the molecule is CC1(C)[C@@H]([C@H](Br)C(F)(F)Br)[C@H]1[C@@H](C#N)c1cccc(Oc2ccccc2)c1.